The first-order chi connectivity index (χ1) is 7.38. The van der Waals surface area contributed by atoms with Gasteiger partial charge in [-0.1, -0.05) is 36.4 Å². The fourth-order valence-corrected chi connectivity index (χ4v) is 2.46. The molecule has 0 saturated carbocycles. The molecule has 1 unspecified atom stereocenters. The molecular formula is C13H12ClN. The number of fused-ring (bicyclic) bond motifs is 3. The molecule has 2 aromatic rings. The standard InChI is InChI=1S/C13H12ClN/c14-8-11-7-10-6-5-9-3-1-2-4-12(9)13(10)15-11/h1-6,11,15H,7-8H2. The van der Waals surface area contributed by atoms with Crippen LogP contribution in [-0.4, -0.2) is 11.9 Å². The predicted octanol–water partition coefficient (Wildman–Crippen LogP) is 3.42. The minimum absolute atomic E-state index is 0.396. The molecule has 0 saturated heterocycles. The van der Waals surface area contributed by atoms with Crippen LogP contribution in [0, 0.1) is 0 Å². The number of halogens is 1. The first-order valence-electron chi connectivity index (χ1n) is 5.21. The minimum Gasteiger partial charge on any atom is -0.380 e. The van der Waals surface area contributed by atoms with Crippen LogP contribution in [0.5, 0.6) is 0 Å². The third-order valence-electron chi connectivity index (χ3n) is 3.02. The summed E-state index contributed by atoms with van der Waals surface area (Å²) in [6.07, 6.45) is 1.05. The van der Waals surface area contributed by atoms with E-state index in [0.29, 0.717) is 11.9 Å². The molecule has 2 aromatic carbocycles. The van der Waals surface area contributed by atoms with Crippen LogP contribution in [0.2, 0.25) is 0 Å². The van der Waals surface area contributed by atoms with Crippen LogP contribution in [0.4, 0.5) is 5.69 Å². The molecule has 1 aliphatic rings. The molecule has 3 rings (SSSR count). The van der Waals surface area contributed by atoms with Crippen LogP contribution in [0.25, 0.3) is 10.8 Å². The van der Waals surface area contributed by atoms with Gasteiger partial charge in [-0.3, -0.25) is 0 Å². The van der Waals surface area contributed by atoms with Gasteiger partial charge in [0.25, 0.3) is 0 Å². The molecule has 0 aliphatic carbocycles. The maximum absolute atomic E-state index is 5.89. The molecule has 0 fully saturated rings. The van der Waals surface area contributed by atoms with Crippen molar-refractivity contribution in [2.45, 2.75) is 12.5 Å². The molecule has 2 heteroatoms. The summed E-state index contributed by atoms with van der Waals surface area (Å²) in [6.45, 7) is 0. The molecule has 1 atom stereocenters. The summed E-state index contributed by atoms with van der Waals surface area (Å²) in [6, 6.07) is 13.3. The zero-order chi connectivity index (χ0) is 10.3. The van der Waals surface area contributed by atoms with E-state index in [1.165, 1.54) is 22.0 Å². The molecule has 1 N–H and O–H groups in total. The number of alkyl halides is 1. The van der Waals surface area contributed by atoms with Gasteiger partial charge in [0.2, 0.25) is 0 Å². The normalized spacial score (nSPS) is 18.9. The number of hydrogen-bond donors (Lipinski definition) is 1. The highest BCUT2D eigenvalue weighted by molar-refractivity contribution is 6.18. The van der Waals surface area contributed by atoms with Crippen molar-refractivity contribution >= 4 is 28.1 Å². The van der Waals surface area contributed by atoms with Crippen molar-refractivity contribution in [2.24, 2.45) is 0 Å². The summed E-state index contributed by atoms with van der Waals surface area (Å²) in [4.78, 5) is 0. The van der Waals surface area contributed by atoms with E-state index in [9.17, 15) is 0 Å². The highest BCUT2D eigenvalue weighted by atomic mass is 35.5. The maximum atomic E-state index is 5.89. The van der Waals surface area contributed by atoms with E-state index in [1.54, 1.807) is 0 Å². The predicted molar refractivity (Wildman–Crippen MR) is 65.8 cm³/mol. The van der Waals surface area contributed by atoms with Crippen LogP contribution in [0.3, 0.4) is 0 Å². The van der Waals surface area contributed by atoms with Gasteiger partial charge in [-0.15, -0.1) is 11.6 Å². The lowest BCUT2D eigenvalue weighted by Crippen LogP contribution is -2.16. The lowest BCUT2D eigenvalue weighted by atomic mass is 10.0. The Morgan fingerprint density at radius 3 is 2.93 bits per heavy atom. The van der Waals surface area contributed by atoms with Crippen molar-refractivity contribution in [3.8, 4) is 0 Å². The zero-order valence-corrected chi connectivity index (χ0v) is 9.09. The van der Waals surface area contributed by atoms with Gasteiger partial charge in [-0.2, -0.15) is 0 Å². The molecule has 1 heterocycles. The third-order valence-corrected chi connectivity index (χ3v) is 3.39. The van der Waals surface area contributed by atoms with Crippen molar-refractivity contribution in [1.82, 2.24) is 0 Å². The van der Waals surface area contributed by atoms with Crippen molar-refractivity contribution in [2.75, 3.05) is 11.2 Å². The smallest absolute Gasteiger partial charge is 0.0455 e. The molecule has 76 valence electrons. The average Bonchev–Trinajstić information content (AvgIpc) is 2.72. The molecule has 0 bridgehead atoms. The number of rotatable bonds is 1. The average molecular weight is 218 g/mol. The van der Waals surface area contributed by atoms with Gasteiger partial charge in [-0.25, -0.2) is 0 Å². The van der Waals surface area contributed by atoms with Gasteiger partial charge in [0.15, 0.2) is 0 Å². The number of hydrogen-bond acceptors (Lipinski definition) is 1. The van der Waals surface area contributed by atoms with Crippen LogP contribution in [0.15, 0.2) is 36.4 Å². The van der Waals surface area contributed by atoms with E-state index in [1.807, 2.05) is 0 Å². The first-order valence-corrected chi connectivity index (χ1v) is 5.75. The summed E-state index contributed by atoms with van der Waals surface area (Å²) < 4.78 is 0. The summed E-state index contributed by atoms with van der Waals surface area (Å²) >= 11 is 5.89. The van der Waals surface area contributed by atoms with Crippen molar-refractivity contribution < 1.29 is 0 Å². The molecule has 1 aliphatic heterocycles. The largest absolute Gasteiger partial charge is 0.380 e. The molecular weight excluding hydrogens is 206 g/mol. The van der Waals surface area contributed by atoms with Crippen LogP contribution >= 0.6 is 11.6 Å². The van der Waals surface area contributed by atoms with Crippen molar-refractivity contribution in [3.63, 3.8) is 0 Å². The summed E-state index contributed by atoms with van der Waals surface area (Å²) in [7, 11) is 0. The molecule has 0 spiro atoms. The van der Waals surface area contributed by atoms with Gasteiger partial charge >= 0.3 is 0 Å². The highest BCUT2D eigenvalue weighted by Crippen LogP contribution is 2.33. The highest BCUT2D eigenvalue weighted by Gasteiger charge is 2.20. The van der Waals surface area contributed by atoms with Crippen LogP contribution < -0.4 is 5.32 Å². The Kier molecular flexibility index (Phi) is 2.06. The summed E-state index contributed by atoms with van der Waals surface area (Å²) in [5.41, 5.74) is 2.66. The minimum atomic E-state index is 0.396. The van der Waals surface area contributed by atoms with E-state index < -0.39 is 0 Å². The number of anilines is 1. The Morgan fingerprint density at radius 2 is 2.07 bits per heavy atom. The Hall–Kier alpha value is -1.21. The third kappa shape index (κ3) is 1.38. The molecule has 0 amide bonds. The topological polar surface area (TPSA) is 12.0 Å². The Morgan fingerprint density at radius 1 is 1.20 bits per heavy atom. The Balaban J connectivity index is 2.20. The van der Waals surface area contributed by atoms with Crippen LogP contribution in [-0.2, 0) is 6.42 Å². The summed E-state index contributed by atoms with van der Waals surface area (Å²) in [5, 5.41) is 6.09. The van der Waals surface area contributed by atoms with Gasteiger partial charge in [-0.05, 0) is 17.4 Å². The molecule has 0 radical (unpaired) electrons. The second kappa shape index (κ2) is 3.42. The van der Waals surface area contributed by atoms with E-state index in [0.717, 1.165) is 6.42 Å². The van der Waals surface area contributed by atoms with Crippen LogP contribution in [0.1, 0.15) is 5.56 Å². The monoisotopic (exact) mass is 217 g/mol. The van der Waals surface area contributed by atoms with Gasteiger partial charge in [0.05, 0.1) is 0 Å². The SMILES string of the molecule is ClCC1Cc2ccc3ccccc3c2N1. The van der Waals surface area contributed by atoms with E-state index in [-0.39, 0.29) is 0 Å². The van der Waals surface area contributed by atoms with Gasteiger partial charge < -0.3 is 5.32 Å². The lowest BCUT2D eigenvalue weighted by molar-refractivity contribution is 0.847. The zero-order valence-electron chi connectivity index (χ0n) is 8.33. The number of nitrogens with one attached hydrogen (secondary N) is 1. The lowest BCUT2D eigenvalue weighted by Gasteiger charge is -2.07. The maximum Gasteiger partial charge on any atom is 0.0455 e. The molecule has 1 nitrogen and oxygen atoms in total. The van der Waals surface area contributed by atoms with Crippen molar-refractivity contribution in [3.05, 3.63) is 42.0 Å². The van der Waals surface area contributed by atoms with E-state index in [4.69, 9.17) is 11.6 Å². The van der Waals surface area contributed by atoms with E-state index >= 15 is 0 Å². The molecule has 0 aromatic heterocycles. The second-order valence-electron chi connectivity index (χ2n) is 4.02. The van der Waals surface area contributed by atoms with Gasteiger partial charge in [0.1, 0.15) is 0 Å². The van der Waals surface area contributed by atoms with E-state index in [2.05, 4.69) is 41.7 Å². The Labute approximate surface area is 94.1 Å². The quantitative estimate of drug-likeness (QED) is 0.722. The Bertz CT molecular complexity index is 507. The summed E-state index contributed by atoms with van der Waals surface area (Å²) in [5.74, 6) is 0.670. The fraction of sp³-hybridized carbons (Fsp3) is 0.231. The van der Waals surface area contributed by atoms with Crippen molar-refractivity contribution in [1.29, 1.82) is 0 Å². The fourth-order valence-electron chi connectivity index (χ4n) is 2.27. The molecule has 15 heavy (non-hydrogen) atoms. The first kappa shape index (κ1) is 9.05. The van der Waals surface area contributed by atoms with Gasteiger partial charge in [0, 0.05) is 23.0 Å². The second-order valence-corrected chi connectivity index (χ2v) is 4.33. The number of benzene rings is 2.